The van der Waals surface area contributed by atoms with Crippen molar-refractivity contribution in [2.24, 2.45) is 28.6 Å². The minimum Gasteiger partial charge on any atom is -0.390 e. The van der Waals surface area contributed by atoms with Crippen molar-refractivity contribution in [1.29, 1.82) is 0 Å². The Morgan fingerprint density at radius 3 is 2.29 bits per heavy atom. The molecule has 98 valence electrons. The third kappa shape index (κ3) is 1.19. The summed E-state index contributed by atoms with van der Waals surface area (Å²) in [7, 11) is 0. The van der Waals surface area contributed by atoms with Crippen molar-refractivity contribution in [2.45, 2.75) is 65.1 Å². The van der Waals surface area contributed by atoms with Crippen molar-refractivity contribution < 1.29 is 10.2 Å². The molecule has 2 N–H and O–H groups in total. The Morgan fingerprint density at radius 1 is 1.00 bits per heavy atom. The normalized spacial score (nSPS) is 60.4. The van der Waals surface area contributed by atoms with Crippen LogP contribution in [0, 0.1) is 28.6 Å². The van der Waals surface area contributed by atoms with Gasteiger partial charge in [0.15, 0.2) is 0 Å². The van der Waals surface area contributed by atoms with Crippen LogP contribution in [0.25, 0.3) is 0 Å². The second-order valence-corrected chi connectivity index (χ2v) is 7.79. The third-order valence-corrected chi connectivity index (χ3v) is 6.90. The van der Waals surface area contributed by atoms with Gasteiger partial charge < -0.3 is 10.2 Å². The van der Waals surface area contributed by atoms with Gasteiger partial charge in [-0.05, 0) is 61.2 Å². The van der Waals surface area contributed by atoms with Gasteiger partial charge in [0.2, 0.25) is 0 Å². The average molecular weight is 238 g/mol. The van der Waals surface area contributed by atoms with Crippen LogP contribution in [0.4, 0.5) is 0 Å². The van der Waals surface area contributed by atoms with E-state index in [2.05, 4.69) is 20.8 Å². The van der Waals surface area contributed by atoms with Crippen LogP contribution in [0.5, 0.6) is 0 Å². The Balaban J connectivity index is 2.10. The number of hydrogen-bond donors (Lipinski definition) is 2. The quantitative estimate of drug-likeness (QED) is 0.681. The van der Waals surface area contributed by atoms with Crippen LogP contribution < -0.4 is 0 Å². The Kier molecular flexibility index (Phi) is 2.17. The lowest BCUT2D eigenvalue weighted by Crippen LogP contribution is -2.53. The molecule has 0 heterocycles. The zero-order valence-corrected chi connectivity index (χ0v) is 11.5. The molecule has 0 aromatic carbocycles. The van der Waals surface area contributed by atoms with Gasteiger partial charge >= 0.3 is 0 Å². The number of rotatable bonds is 0. The fourth-order valence-corrected chi connectivity index (χ4v) is 5.86. The zero-order chi connectivity index (χ0) is 12.6. The molecule has 6 atom stereocenters. The lowest BCUT2D eigenvalue weighted by molar-refractivity contribution is -0.153. The molecule has 0 aromatic heterocycles. The highest BCUT2D eigenvalue weighted by Crippen LogP contribution is 2.73. The van der Waals surface area contributed by atoms with Gasteiger partial charge in [0.1, 0.15) is 0 Å². The predicted molar refractivity (Wildman–Crippen MR) is 67.5 cm³/mol. The SMILES string of the molecule is C[C@@H]1CC[C@H]2C(C)(C)[C@@H]3C[C@@]12C[C@@H](O)[C@]3(C)O. The van der Waals surface area contributed by atoms with E-state index < -0.39 is 11.7 Å². The molecule has 3 rings (SSSR count). The standard InChI is InChI=1S/C15H26O2/c1-9-5-6-10-13(2,3)11-7-15(9,10)8-12(16)14(11,4)17/h9-12,16-17H,5-8H2,1-4H3/t9-,10+,11+,12-,14-,15-/m1/s1. The molecular formula is C15H26O2. The largest absolute Gasteiger partial charge is 0.390 e. The van der Waals surface area contributed by atoms with Gasteiger partial charge in [-0.2, -0.15) is 0 Å². The maximum Gasteiger partial charge on any atom is 0.0911 e. The van der Waals surface area contributed by atoms with E-state index >= 15 is 0 Å². The molecule has 0 radical (unpaired) electrons. The summed E-state index contributed by atoms with van der Waals surface area (Å²) in [5.74, 6) is 1.66. The van der Waals surface area contributed by atoms with Crippen LogP contribution in [0.3, 0.4) is 0 Å². The highest BCUT2D eigenvalue weighted by Gasteiger charge is 2.70. The first kappa shape index (κ1) is 12.0. The molecule has 0 aromatic rings. The van der Waals surface area contributed by atoms with Gasteiger partial charge in [-0.15, -0.1) is 0 Å². The van der Waals surface area contributed by atoms with Crippen LogP contribution >= 0.6 is 0 Å². The fraction of sp³-hybridized carbons (Fsp3) is 1.00. The first-order valence-electron chi connectivity index (χ1n) is 7.13. The van der Waals surface area contributed by atoms with Crippen LogP contribution in [0.1, 0.15) is 53.4 Å². The van der Waals surface area contributed by atoms with Gasteiger partial charge in [0.25, 0.3) is 0 Å². The summed E-state index contributed by atoms with van der Waals surface area (Å²) in [6, 6.07) is 0. The van der Waals surface area contributed by atoms with Crippen LogP contribution in [0.15, 0.2) is 0 Å². The van der Waals surface area contributed by atoms with E-state index in [4.69, 9.17) is 0 Å². The Hall–Kier alpha value is -0.0800. The molecule has 3 aliphatic carbocycles. The smallest absolute Gasteiger partial charge is 0.0911 e. The van der Waals surface area contributed by atoms with Gasteiger partial charge in [-0.25, -0.2) is 0 Å². The molecule has 2 nitrogen and oxygen atoms in total. The molecule has 3 saturated carbocycles. The first-order chi connectivity index (χ1) is 7.73. The van der Waals surface area contributed by atoms with Crippen molar-refractivity contribution in [2.75, 3.05) is 0 Å². The van der Waals surface area contributed by atoms with Crippen LogP contribution in [-0.2, 0) is 0 Å². The molecule has 3 aliphatic rings. The van der Waals surface area contributed by atoms with Crippen molar-refractivity contribution in [3.8, 4) is 0 Å². The number of aliphatic hydroxyl groups is 2. The predicted octanol–water partition coefficient (Wildman–Crippen LogP) is 2.58. The third-order valence-electron chi connectivity index (χ3n) is 6.90. The molecule has 17 heavy (non-hydrogen) atoms. The fourth-order valence-electron chi connectivity index (χ4n) is 5.86. The van der Waals surface area contributed by atoms with E-state index in [0.29, 0.717) is 17.3 Å². The van der Waals surface area contributed by atoms with E-state index in [0.717, 1.165) is 12.8 Å². The van der Waals surface area contributed by atoms with E-state index in [9.17, 15) is 10.2 Å². The average Bonchev–Trinajstić information content (AvgIpc) is 2.61. The van der Waals surface area contributed by atoms with Gasteiger partial charge in [-0.1, -0.05) is 20.8 Å². The first-order valence-corrected chi connectivity index (χ1v) is 7.13. The lowest BCUT2D eigenvalue weighted by atomic mass is 9.63. The zero-order valence-electron chi connectivity index (χ0n) is 11.5. The van der Waals surface area contributed by atoms with Crippen molar-refractivity contribution in [1.82, 2.24) is 0 Å². The molecule has 0 amide bonds. The molecule has 0 unspecified atom stereocenters. The maximum absolute atomic E-state index is 10.7. The van der Waals surface area contributed by atoms with E-state index in [1.54, 1.807) is 0 Å². The minimum absolute atomic E-state index is 0.172. The summed E-state index contributed by atoms with van der Waals surface area (Å²) < 4.78 is 0. The number of fused-ring (bicyclic) bond motifs is 1. The second-order valence-electron chi connectivity index (χ2n) is 7.79. The number of hydrogen-bond acceptors (Lipinski definition) is 2. The molecule has 1 spiro atoms. The summed E-state index contributed by atoms with van der Waals surface area (Å²) >= 11 is 0. The Morgan fingerprint density at radius 2 is 1.65 bits per heavy atom. The minimum atomic E-state index is -0.890. The summed E-state index contributed by atoms with van der Waals surface area (Å²) in [4.78, 5) is 0. The van der Waals surface area contributed by atoms with Crippen molar-refractivity contribution >= 4 is 0 Å². The number of aliphatic hydroxyl groups excluding tert-OH is 1. The molecule has 2 bridgehead atoms. The Labute approximate surface area is 104 Å². The topological polar surface area (TPSA) is 40.5 Å². The second kappa shape index (κ2) is 3.08. The van der Waals surface area contributed by atoms with Crippen molar-refractivity contribution in [3.63, 3.8) is 0 Å². The van der Waals surface area contributed by atoms with Gasteiger partial charge in [-0.3, -0.25) is 0 Å². The summed E-state index contributed by atoms with van der Waals surface area (Å²) in [5, 5.41) is 21.0. The van der Waals surface area contributed by atoms with Crippen molar-refractivity contribution in [3.05, 3.63) is 0 Å². The Bertz CT molecular complexity index is 347. The lowest BCUT2D eigenvalue weighted by Gasteiger charge is -2.47. The molecule has 3 fully saturated rings. The highest BCUT2D eigenvalue weighted by atomic mass is 16.3. The van der Waals surface area contributed by atoms with Crippen LogP contribution in [0.2, 0.25) is 0 Å². The summed E-state index contributed by atoms with van der Waals surface area (Å²) in [5.41, 5.74) is -0.402. The van der Waals surface area contributed by atoms with E-state index in [-0.39, 0.29) is 11.3 Å². The molecule has 2 heteroatoms. The highest BCUT2D eigenvalue weighted by molar-refractivity contribution is 5.19. The molecule has 0 saturated heterocycles. The van der Waals surface area contributed by atoms with Crippen LogP contribution in [-0.4, -0.2) is 21.9 Å². The summed E-state index contributed by atoms with van der Waals surface area (Å²) in [6.07, 6.45) is 3.98. The maximum atomic E-state index is 10.7. The van der Waals surface area contributed by atoms with Gasteiger partial charge in [0.05, 0.1) is 11.7 Å². The molecule has 0 aliphatic heterocycles. The van der Waals surface area contributed by atoms with E-state index in [1.165, 1.54) is 12.8 Å². The monoisotopic (exact) mass is 238 g/mol. The molecular weight excluding hydrogens is 212 g/mol. The van der Waals surface area contributed by atoms with E-state index in [1.807, 2.05) is 6.92 Å². The summed E-state index contributed by atoms with van der Waals surface area (Å²) in [6.45, 7) is 8.83. The van der Waals surface area contributed by atoms with Gasteiger partial charge in [0, 0.05) is 0 Å².